The lowest BCUT2D eigenvalue weighted by Crippen LogP contribution is -2.47. The van der Waals surface area contributed by atoms with Crippen molar-refractivity contribution in [1.82, 2.24) is 5.32 Å². The van der Waals surface area contributed by atoms with Crippen LogP contribution < -0.4 is 5.32 Å². The maximum Gasteiger partial charge on any atom is 0.0675 e. The van der Waals surface area contributed by atoms with E-state index >= 15 is 0 Å². The summed E-state index contributed by atoms with van der Waals surface area (Å²) in [6.07, 6.45) is 7.22. The van der Waals surface area contributed by atoms with Crippen LogP contribution in [0, 0.1) is 17.3 Å². The minimum Gasteiger partial charge on any atom is -0.377 e. The van der Waals surface area contributed by atoms with Gasteiger partial charge in [0.2, 0.25) is 0 Å². The Hall–Kier alpha value is -0.0800. The van der Waals surface area contributed by atoms with Crippen molar-refractivity contribution in [3.8, 4) is 0 Å². The summed E-state index contributed by atoms with van der Waals surface area (Å²) < 4.78 is 6.13. The molecule has 0 spiro atoms. The van der Waals surface area contributed by atoms with Crippen LogP contribution >= 0.6 is 0 Å². The summed E-state index contributed by atoms with van der Waals surface area (Å²) >= 11 is 0. The van der Waals surface area contributed by atoms with E-state index in [1.807, 2.05) is 0 Å². The Morgan fingerprint density at radius 3 is 2.47 bits per heavy atom. The first kappa shape index (κ1) is 13.4. The van der Waals surface area contributed by atoms with E-state index in [1.54, 1.807) is 0 Å². The number of hydrogen-bond acceptors (Lipinski definition) is 2. The molecule has 2 fully saturated rings. The van der Waals surface area contributed by atoms with E-state index in [2.05, 4.69) is 26.1 Å². The van der Waals surface area contributed by atoms with Crippen LogP contribution in [-0.4, -0.2) is 25.8 Å². The Balaban J connectivity index is 2.14. The molecule has 1 aliphatic heterocycles. The molecule has 2 unspecified atom stereocenters. The monoisotopic (exact) mass is 239 g/mol. The molecule has 0 aromatic carbocycles. The molecule has 2 aliphatic rings. The minimum absolute atomic E-state index is 0.431. The molecule has 0 aromatic heterocycles. The van der Waals surface area contributed by atoms with E-state index in [9.17, 15) is 0 Å². The van der Waals surface area contributed by atoms with Gasteiger partial charge < -0.3 is 10.1 Å². The van der Waals surface area contributed by atoms with Gasteiger partial charge in [0.25, 0.3) is 0 Å². The lowest BCUT2D eigenvalue weighted by molar-refractivity contribution is -0.00310. The molecule has 1 saturated carbocycles. The van der Waals surface area contributed by atoms with E-state index in [1.165, 1.54) is 32.1 Å². The van der Waals surface area contributed by atoms with Gasteiger partial charge in [0, 0.05) is 18.6 Å². The minimum atomic E-state index is 0.431. The summed E-state index contributed by atoms with van der Waals surface area (Å²) in [4.78, 5) is 0. The van der Waals surface area contributed by atoms with Crippen molar-refractivity contribution in [3.05, 3.63) is 0 Å². The Morgan fingerprint density at radius 1 is 1.24 bits per heavy atom. The zero-order chi connectivity index (χ0) is 12.3. The fraction of sp³-hybridized carbons (Fsp3) is 1.00. The molecular weight excluding hydrogens is 210 g/mol. The summed E-state index contributed by atoms with van der Waals surface area (Å²) in [5.74, 6) is 1.70. The lowest BCUT2D eigenvalue weighted by atomic mass is 9.66. The fourth-order valence-electron chi connectivity index (χ4n) is 3.92. The molecule has 2 rings (SSSR count). The van der Waals surface area contributed by atoms with Gasteiger partial charge in [-0.05, 0) is 37.6 Å². The Morgan fingerprint density at radius 2 is 1.94 bits per heavy atom. The first-order chi connectivity index (χ1) is 8.28. The van der Waals surface area contributed by atoms with Crippen molar-refractivity contribution in [2.24, 2.45) is 17.3 Å². The molecule has 1 N–H and O–H groups in total. The van der Waals surface area contributed by atoms with Crippen LogP contribution in [0.5, 0.6) is 0 Å². The van der Waals surface area contributed by atoms with Crippen molar-refractivity contribution in [3.63, 3.8) is 0 Å². The highest BCUT2D eigenvalue weighted by Crippen LogP contribution is 2.52. The van der Waals surface area contributed by atoms with Gasteiger partial charge in [-0.15, -0.1) is 0 Å². The summed E-state index contributed by atoms with van der Waals surface area (Å²) in [6.45, 7) is 10.1. The second-order valence-corrected chi connectivity index (χ2v) is 5.91. The largest absolute Gasteiger partial charge is 0.377 e. The Kier molecular flexibility index (Phi) is 4.48. The van der Waals surface area contributed by atoms with E-state index in [0.717, 1.165) is 31.5 Å². The van der Waals surface area contributed by atoms with Crippen LogP contribution in [0.25, 0.3) is 0 Å². The molecule has 0 aromatic rings. The molecular formula is C15H29NO. The topological polar surface area (TPSA) is 21.3 Å². The van der Waals surface area contributed by atoms with Crippen LogP contribution in [-0.2, 0) is 4.74 Å². The van der Waals surface area contributed by atoms with Crippen LogP contribution in [0.1, 0.15) is 52.9 Å². The van der Waals surface area contributed by atoms with Crippen molar-refractivity contribution in [2.45, 2.75) is 59.0 Å². The predicted octanol–water partition coefficient (Wildman–Crippen LogP) is 3.22. The molecule has 17 heavy (non-hydrogen) atoms. The van der Waals surface area contributed by atoms with Crippen LogP contribution in [0.15, 0.2) is 0 Å². The number of ether oxygens (including phenoxy) is 1. The average molecular weight is 239 g/mol. The molecule has 2 heteroatoms. The average Bonchev–Trinajstić information content (AvgIpc) is 3.10. The maximum absolute atomic E-state index is 6.13. The smallest absolute Gasteiger partial charge is 0.0675 e. The first-order valence-corrected chi connectivity index (χ1v) is 7.60. The van der Waals surface area contributed by atoms with E-state index in [0.29, 0.717) is 11.5 Å². The molecule has 1 heterocycles. The lowest BCUT2D eigenvalue weighted by Gasteiger charge is -2.41. The second-order valence-electron chi connectivity index (χ2n) is 5.91. The highest BCUT2D eigenvalue weighted by Gasteiger charge is 2.53. The molecule has 2 atom stereocenters. The van der Waals surface area contributed by atoms with Crippen LogP contribution in [0.2, 0.25) is 0 Å². The zero-order valence-electron chi connectivity index (χ0n) is 11.8. The molecule has 0 bridgehead atoms. The Labute approximate surface area is 107 Å². The standard InChI is InChI=1S/C15H29NO/c1-4-13(5-2)15(11-16-6-3)9-10-17-14(15)12-7-8-12/h12-14,16H,4-11H2,1-3H3. The van der Waals surface area contributed by atoms with Gasteiger partial charge in [0.15, 0.2) is 0 Å². The Bertz CT molecular complexity index is 235. The highest BCUT2D eigenvalue weighted by atomic mass is 16.5. The van der Waals surface area contributed by atoms with Gasteiger partial charge in [-0.2, -0.15) is 0 Å². The SMILES string of the molecule is CCNCC1(C(CC)CC)CCOC1C1CC1. The molecule has 1 aliphatic carbocycles. The van der Waals surface area contributed by atoms with Gasteiger partial charge in [0.05, 0.1) is 6.10 Å². The van der Waals surface area contributed by atoms with Crippen molar-refractivity contribution in [2.75, 3.05) is 19.7 Å². The van der Waals surface area contributed by atoms with Gasteiger partial charge in [-0.25, -0.2) is 0 Å². The highest BCUT2D eigenvalue weighted by molar-refractivity contribution is 5.03. The molecule has 100 valence electrons. The van der Waals surface area contributed by atoms with Gasteiger partial charge >= 0.3 is 0 Å². The summed E-state index contributed by atoms with van der Waals surface area (Å²) in [6, 6.07) is 0. The van der Waals surface area contributed by atoms with Crippen molar-refractivity contribution >= 4 is 0 Å². The van der Waals surface area contributed by atoms with E-state index < -0.39 is 0 Å². The quantitative estimate of drug-likeness (QED) is 0.736. The normalized spacial score (nSPS) is 33.5. The van der Waals surface area contributed by atoms with E-state index in [-0.39, 0.29) is 0 Å². The third-order valence-electron chi connectivity index (χ3n) is 4.98. The number of hydrogen-bond donors (Lipinski definition) is 1. The van der Waals surface area contributed by atoms with Gasteiger partial charge in [-0.3, -0.25) is 0 Å². The third-order valence-corrected chi connectivity index (χ3v) is 4.98. The zero-order valence-corrected chi connectivity index (χ0v) is 11.8. The fourth-order valence-corrected chi connectivity index (χ4v) is 3.92. The van der Waals surface area contributed by atoms with Crippen LogP contribution in [0.4, 0.5) is 0 Å². The summed E-state index contributed by atoms with van der Waals surface area (Å²) in [5.41, 5.74) is 0.431. The summed E-state index contributed by atoms with van der Waals surface area (Å²) in [5, 5.41) is 3.61. The molecule has 0 amide bonds. The van der Waals surface area contributed by atoms with Crippen molar-refractivity contribution < 1.29 is 4.74 Å². The predicted molar refractivity (Wildman–Crippen MR) is 72.1 cm³/mol. The summed E-state index contributed by atoms with van der Waals surface area (Å²) in [7, 11) is 0. The number of nitrogens with one attached hydrogen (secondary N) is 1. The van der Waals surface area contributed by atoms with Crippen molar-refractivity contribution in [1.29, 1.82) is 0 Å². The number of rotatable bonds is 7. The molecule has 0 radical (unpaired) electrons. The second kappa shape index (κ2) is 5.71. The molecule has 1 saturated heterocycles. The molecule has 2 nitrogen and oxygen atoms in total. The van der Waals surface area contributed by atoms with Gasteiger partial charge in [0.1, 0.15) is 0 Å². The maximum atomic E-state index is 6.13. The third kappa shape index (κ3) is 2.53. The van der Waals surface area contributed by atoms with E-state index in [4.69, 9.17) is 4.74 Å². The van der Waals surface area contributed by atoms with Gasteiger partial charge in [-0.1, -0.05) is 33.6 Å². The first-order valence-electron chi connectivity index (χ1n) is 7.60. The van der Waals surface area contributed by atoms with Crippen LogP contribution in [0.3, 0.4) is 0 Å².